The van der Waals surface area contributed by atoms with Gasteiger partial charge in [0.2, 0.25) is 5.91 Å². The van der Waals surface area contributed by atoms with Gasteiger partial charge in [0, 0.05) is 26.1 Å². The van der Waals surface area contributed by atoms with Gasteiger partial charge in [-0.25, -0.2) is 0 Å². The number of amides is 2. The van der Waals surface area contributed by atoms with Crippen LogP contribution in [0.4, 0.5) is 0 Å². The molecule has 1 saturated heterocycles. The van der Waals surface area contributed by atoms with Crippen LogP contribution in [0.25, 0.3) is 6.08 Å². The predicted octanol–water partition coefficient (Wildman–Crippen LogP) is 2.53. The minimum atomic E-state index is -0.162. The summed E-state index contributed by atoms with van der Waals surface area (Å²) in [4.78, 5) is 28.6. The predicted molar refractivity (Wildman–Crippen MR) is 118 cm³/mol. The van der Waals surface area contributed by atoms with E-state index < -0.39 is 0 Å². The molecule has 0 saturated carbocycles. The van der Waals surface area contributed by atoms with Gasteiger partial charge < -0.3 is 19.5 Å². The molecule has 1 aliphatic heterocycles. The highest BCUT2D eigenvalue weighted by Crippen LogP contribution is 2.34. The molecule has 0 aromatic heterocycles. The Morgan fingerprint density at radius 3 is 2.66 bits per heavy atom. The van der Waals surface area contributed by atoms with E-state index in [9.17, 15) is 9.59 Å². The maximum atomic E-state index is 12.7. The van der Waals surface area contributed by atoms with E-state index in [1.165, 1.54) is 16.7 Å². The molecule has 158 valence electrons. The van der Waals surface area contributed by atoms with E-state index in [0.29, 0.717) is 53.2 Å². The molecule has 1 heterocycles. The third-order valence-corrected chi connectivity index (χ3v) is 5.83. The number of thiocarbonyl (C=S) groups is 1. The summed E-state index contributed by atoms with van der Waals surface area (Å²) >= 11 is 6.59. The number of ether oxygens (including phenoxy) is 2. The number of aliphatic hydroxyl groups is 1. The van der Waals surface area contributed by atoms with Crippen LogP contribution in [0.5, 0.6) is 11.5 Å². The molecule has 0 radical (unpaired) electrons. The Balaban J connectivity index is 2.00. The molecule has 1 N–H and O–H groups in total. The smallest absolute Gasteiger partial charge is 0.266 e. The van der Waals surface area contributed by atoms with Crippen LogP contribution in [0.15, 0.2) is 23.1 Å². The first-order valence-electron chi connectivity index (χ1n) is 9.31. The van der Waals surface area contributed by atoms with Gasteiger partial charge in [-0.2, -0.15) is 0 Å². The van der Waals surface area contributed by atoms with Crippen LogP contribution in [0.2, 0.25) is 0 Å². The van der Waals surface area contributed by atoms with Crippen LogP contribution in [0, 0.1) is 0 Å². The Morgan fingerprint density at radius 1 is 1.31 bits per heavy atom. The summed E-state index contributed by atoms with van der Waals surface area (Å²) in [5.74, 6) is 1.00. The number of thioether (sulfide) groups is 1. The number of rotatable bonds is 10. The van der Waals surface area contributed by atoms with Crippen molar-refractivity contribution in [2.45, 2.75) is 19.8 Å². The molecular weight excluding hydrogens is 412 g/mol. The molecule has 0 aliphatic carbocycles. The number of aliphatic hydroxyl groups excluding tert-OH is 1. The van der Waals surface area contributed by atoms with Gasteiger partial charge >= 0.3 is 0 Å². The molecule has 2 amide bonds. The molecule has 1 fully saturated rings. The summed E-state index contributed by atoms with van der Waals surface area (Å²) in [6.07, 6.45) is 2.59. The van der Waals surface area contributed by atoms with Gasteiger partial charge in [0.05, 0.1) is 25.7 Å². The Kier molecular flexibility index (Phi) is 8.94. The molecule has 0 spiro atoms. The fourth-order valence-corrected chi connectivity index (χ4v) is 4.22. The SMILES string of the molecule is CCN(CCO)C(=O)CCCN1C(=O)/C(=C/c2ccc(OC)c(OC)c2)SC1=S. The van der Waals surface area contributed by atoms with Gasteiger partial charge in [-0.15, -0.1) is 0 Å². The third-order valence-electron chi connectivity index (χ3n) is 4.46. The summed E-state index contributed by atoms with van der Waals surface area (Å²) in [7, 11) is 3.12. The van der Waals surface area contributed by atoms with Gasteiger partial charge in [0.25, 0.3) is 5.91 Å². The van der Waals surface area contributed by atoms with Crippen LogP contribution in [-0.2, 0) is 9.59 Å². The van der Waals surface area contributed by atoms with E-state index in [0.717, 1.165) is 5.56 Å². The second-order valence-electron chi connectivity index (χ2n) is 6.25. The zero-order valence-electron chi connectivity index (χ0n) is 16.8. The number of carbonyl (C=O) groups excluding carboxylic acids is 2. The maximum absolute atomic E-state index is 12.7. The van der Waals surface area contributed by atoms with Crippen molar-refractivity contribution in [3.63, 3.8) is 0 Å². The van der Waals surface area contributed by atoms with E-state index in [1.54, 1.807) is 37.3 Å². The van der Waals surface area contributed by atoms with Gasteiger partial charge in [-0.1, -0.05) is 30.0 Å². The van der Waals surface area contributed by atoms with Crippen molar-refractivity contribution >= 4 is 46.2 Å². The van der Waals surface area contributed by atoms with Gasteiger partial charge in [-0.05, 0) is 37.1 Å². The first kappa shape index (κ1) is 23.2. The van der Waals surface area contributed by atoms with Gasteiger partial charge in [-0.3, -0.25) is 14.5 Å². The van der Waals surface area contributed by atoms with Crippen molar-refractivity contribution in [1.29, 1.82) is 0 Å². The fourth-order valence-electron chi connectivity index (χ4n) is 2.91. The summed E-state index contributed by atoms with van der Waals surface area (Å²) in [5.41, 5.74) is 0.806. The summed E-state index contributed by atoms with van der Waals surface area (Å²) in [6.45, 7) is 3.07. The normalized spacial score (nSPS) is 15.2. The minimum Gasteiger partial charge on any atom is -0.493 e. The lowest BCUT2D eigenvalue weighted by molar-refractivity contribution is -0.132. The minimum absolute atomic E-state index is 0.0344. The molecule has 0 bridgehead atoms. The van der Waals surface area contributed by atoms with Crippen LogP contribution < -0.4 is 9.47 Å². The number of likely N-dealkylation sites (N-methyl/N-ethyl adjacent to an activating group) is 1. The van der Waals surface area contributed by atoms with Crippen molar-refractivity contribution < 1.29 is 24.2 Å². The quantitative estimate of drug-likeness (QED) is 0.444. The van der Waals surface area contributed by atoms with E-state index >= 15 is 0 Å². The second kappa shape index (κ2) is 11.2. The zero-order chi connectivity index (χ0) is 21.4. The molecular formula is C20H26N2O5S2. The molecule has 1 aromatic rings. The molecule has 0 unspecified atom stereocenters. The highest BCUT2D eigenvalue weighted by molar-refractivity contribution is 8.26. The van der Waals surface area contributed by atoms with E-state index in [1.807, 2.05) is 13.0 Å². The van der Waals surface area contributed by atoms with Crippen molar-refractivity contribution in [2.75, 3.05) is 40.5 Å². The zero-order valence-corrected chi connectivity index (χ0v) is 18.5. The molecule has 9 heteroatoms. The van der Waals surface area contributed by atoms with Crippen LogP contribution in [-0.4, -0.2) is 71.5 Å². The van der Waals surface area contributed by atoms with Crippen molar-refractivity contribution in [2.24, 2.45) is 0 Å². The Morgan fingerprint density at radius 2 is 2.03 bits per heavy atom. The first-order chi connectivity index (χ1) is 13.9. The van der Waals surface area contributed by atoms with Gasteiger partial charge in [0.15, 0.2) is 11.5 Å². The molecule has 0 atom stereocenters. The molecule has 1 aromatic carbocycles. The fraction of sp³-hybridized carbons (Fsp3) is 0.450. The topological polar surface area (TPSA) is 79.3 Å². The number of nitrogens with zero attached hydrogens (tertiary/aromatic N) is 2. The lowest BCUT2D eigenvalue weighted by Gasteiger charge is -2.20. The van der Waals surface area contributed by atoms with Gasteiger partial charge in [0.1, 0.15) is 4.32 Å². The summed E-state index contributed by atoms with van der Waals surface area (Å²) < 4.78 is 11.0. The Labute approximate surface area is 180 Å². The standard InChI is InChI=1S/C20H26N2O5S2/c1-4-21(10-11-23)18(24)6-5-9-22-19(25)17(29-20(22)28)13-14-7-8-15(26-2)16(12-14)27-3/h7-8,12-13,23H,4-6,9-11H2,1-3H3/b17-13-. The Hall–Kier alpha value is -2.10. The van der Waals surface area contributed by atoms with Crippen LogP contribution in [0.1, 0.15) is 25.3 Å². The molecule has 2 rings (SSSR count). The lowest BCUT2D eigenvalue weighted by Crippen LogP contribution is -2.34. The summed E-state index contributed by atoms with van der Waals surface area (Å²) in [6, 6.07) is 5.42. The average Bonchev–Trinajstić information content (AvgIpc) is 2.98. The summed E-state index contributed by atoms with van der Waals surface area (Å²) in [5, 5.41) is 9.01. The number of carbonyl (C=O) groups is 2. The van der Waals surface area contributed by atoms with E-state index in [4.69, 9.17) is 26.8 Å². The maximum Gasteiger partial charge on any atom is 0.266 e. The molecule has 1 aliphatic rings. The second-order valence-corrected chi connectivity index (χ2v) is 7.92. The van der Waals surface area contributed by atoms with Crippen LogP contribution >= 0.6 is 24.0 Å². The number of hydrogen-bond acceptors (Lipinski definition) is 7. The number of benzene rings is 1. The van der Waals surface area contributed by atoms with Crippen LogP contribution in [0.3, 0.4) is 0 Å². The van der Waals surface area contributed by atoms with Crippen molar-refractivity contribution in [3.05, 3.63) is 28.7 Å². The molecule has 29 heavy (non-hydrogen) atoms. The number of methoxy groups -OCH3 is 2. The Bertz CT molecular complexity index is 797. The largest absolute Gasteiger partial charge is 0.493 e. The van der Waals surface area contributed by atoms with Crippen molar-refractivity contribution in [3.8, 4) is 11.5 Å². The lowest BCUT2D eigenvalue weighted by atomic mass is 10.2. The first-order valence-corrected chi connectivity index (χ1v) is 10.5. The number of hydrogen-bond donors (Lipinski definition) is 1. The van der Waals surface area contributed by atoms with E-state index in [-0.39, 0.29) is 18.4 Å². The monoisotopic (exact) mass is 438 g/mol. The highest BCUT2D eigenvalue weighted by Gasteiger charge is 2.31. The third kappa shape index (κ3) is 5.94. The van der Waals surface area contributed by atoms with E-state index in [2.05, 4.69) is 0 Å². The highest BCUT2D eigenvalue weighted by atomic mass is 32.2. The van der Waals surface area contributed by atoms with Crippen molar-refractivity contribution in [1.82, 2.24) is 9.80 Å². The average molecular weight is 439 g/mol. The molecule has 7 nitrogen and oxygen atoms in total.